The van der Waals surface area contributed by atoms with Gasteiger partial charge in [0.05, 0.1) is 18.6 Å². The van der Waals surface area contributed by atoms with E-state index in [4.69, 9.17) is 9.26 Å². The van der Waals surface area contributed by atoms with Gasteiger partial charge in [0.25, 0.3) is 0 Å². The highest BCUT2D eigenvalue weighted by atomic mass is 16.5. The van der Waals surface area contributed by atoms with Crippen molar-refractivity contribution in [1.29, 1.82) is 0 Å². The molecule has 0 amide bonds. The van der Waals surface area contributed by atoms with E-state index in [9.17, 15) is 5.11 Å². The van der Waals surface area contributed by atoms with Crippen LogP contribution in [-0.2, 0) is 11.2 Å². The third-order valence-corrected chi connectivity index (χ3v) is 2.56. The number of hydrogen-bond acceptors (Lipinski definition) is 5. The Morgan fingerprint density at radius 2 is 2.33 bits per heavy atom. The molecule has 1 aromatic rings. The van der Waals surface area contributed by atoms with Crippen molar-refractivity contribution in [2.24, 2.45) is 0 Å². The molecule has 1 atom stereocenters. The zero-order valence-corrected chi connectivity index (χ0v) is 9.06. The summed E-state index contributed by atoms with van der Waals surface area (Å²) in [4.78, 5) is 4.23. The van der Waals surface area contributed by atoms with Gasteiger partial charge in [-0.2, -0.15) is 4.98 Å². The second-order valence-electron chi connectivity index (χ2n) is 4.40. The maximum Gasteiger partial charge on any atom is 0.229 e. The van der Waals surface area contributed by atoms with Crippen molar-refractivity contribution in [2.75, 3.05) is 13.2 Å². The van der Waals surface area contributed by atoms with Crippen molar-refractivity contribution < 1.29 is 14.4 Å². The van der Waals surface area contributed by atoms with E-state index >= 15 is 0 Å². The summed E-state index contributed by atoms with van der Waals surface area (Å²) in [7, 11) is 0. The van der Waals surface area contributed by atoms with Crippen LogP contribution in [0, 0.1) is 0 Å². The van der Waals surface area contributed by atoms with E-state index in [1.807, 2.05) is 13.8 Å². The summed E-state index contributed by atoms with van der Waals surface area (Å²) in [6.07, 6.45) is 1.01. The molecule has 1 saturated heterocycles. The lowest BCUT2D eigenvalue weighted by Gasteiger charge is -2.16. The predicted molar refractivity (Wildman–Crippen MR) is 52.5 cm³/mol. The number of hydrogen-bond donors (Lipinski definition) is 1. The van der Waals surface area contributed by atoms with Crippen molar-refractivity contribution in [3.63, 3.8) is 0 Å². The standard InChI is InChI=1S/C10H16N2O3/c1-7(2)9-11-8(15-12-9)5-10(13)3-4-14-6-10/h7,13H,3-6H2,1-2H3. The Labute approximate surface area is 88.4 Å². The molecule has 0 saturated carbocycles. The Bertz CT molecular complexity index is 329. The number of aromatic nitrogens is 2. The van der Waals surface area contributed by atoms with Gasteiger partial charge < -0.3 is 14.4 Å². The van der Waals surface area contributed by atoms with Crippen LogP contribution in [0.15, 0.2) is 4.52 Å². The summed E-state index contributed by atoms with van der Waals surface area (Å²) in [5.41, 5.74) is -0.819. The first-order valence-electron chi connectivity index (χ1n) is 5.22. The minimum Gasteiger partial charge on any atom is -0.387 e. The number of aliphatic hydroxyl groups is 1. The van der Waals surface area contributed by atoms with Crippen LogP contribution in [0.4, 0.5) is 0 Å². The van der Waals surface area contributed by atoms with E-state index in [1.165, 1.54) is 0 Å². The zero-order valence-electron chi connectivity index (χ0n) is 9.06. The molecule has 1 aromatic heterocycles. The summed E-state index contributed by atoms with van der Waals surface area (Å²) in [6, 6.07) is 0. The Kier molecular flexibility index (Phi) is 2.75. The molecule has 0 aromatic carbocycles. The molecule has 1 aliphatic heterocycles. The molecule has 0 aliphatic carbocycles. The van der Waals surface area contributed by atoms with Gasteiger partial charge in [-0.1, -0.05) is 19.0 Å². The predicted octanol–water partition coefficient (Wildman–Crippen LogP) is 0.887. The van der Waals surface area contributed by atoms with Gasteiger partial charge in [-0.15, -0.1) is 0 Å². The van der Waals surface area contributed by atoms with Crippen molar-refractivity contribution in [3.8, 4) is 0 Å². The first-order chi connectivity index (χ1) is 7.09. The second kappa shape index (κ2) is 3.90. The minimum absolute atomic E-state index is 0.247. The van der Waals surface area contributed by atoms with Gasteiger partial charge in [0.1, 0.15) is 0 Å². The van der Waals surface area contributed by atoms with E-state index in [0.717, 1.165) is 0 Å². The molecule has 1 N–H and O–H groups in total. The van der Waals surface area contributed by atoms with Crippen LogP contribution >= 0.6 is 0 Å². The van der Waals surface area contributed by atoms with Crippen molar-refractivity contribution in [2.45, 2.75) is 38.2 Å². The van der Waals surface area contributed by atoms with Crippen molar-refractivity contribution in [3.05, 3.63) is 11.7 Å². The van der Waals surface area contributed by atoms with Gasteiger partial charge in [0.15, 0.2) is 5.82 Å². The van der Waals surface area contributed by atoms with Crippen molar-refractivity contribution in [1.82, 2.24) is 10.1 Å². The van der Waals surface area contributed by atoms with Crippen LogP contribution in [0.1, 0.15) is 37.9 Å². The van der Waals surface area contributed by atoms with Crippen LogP contribution in [0.2, 0.25) is 0 Å². The lowest BCUT2D eigenvalue weighted by molar-refractivity contribution is 0.0207. The summed E-state index contributed by atoms with van der Waals surface area (Å²) in [5.74, 6) is 1.43. The maximum absolute atomic E-state index is 10.0. The van der Waals surface area contributed by atoms with Gasteiger partial charge in [0.2, 0.25) is 5.89 Å². The fourth-order valence-electron chi connectivity index (χ4n) is 1.59. The Hall–Kier alpha value is -0.940. The average molecular weight is 212 g/mol. The second-order valence-corrected chi connectivity index (χ2v) is 4.40. The highest BCUT2D eigenvalue weighted by Crippen LogP contribution is 2.23. The largest absolute Gasteiger partial charge is 0.387 e. The van der Waals surface area contributed by atoms with E-state index in [0.29, 0.717) is 37.8 Å². The van der Waals surface area contributed by atoms with Gasteiger partial charge in [-0.3, -0.25) is 0 Å². The number of ether oxygens (including phenoxy) is 1. The fourth-order valence-corrected chi connectivity index (χ4v) is 1.59. The summed E-state index contributed by atoms with van der Waals surface area (Å²) < 4.78 is 10.2. The highest BCUT2D eigenvalue weighted by Gasteiger charge is 2.34. The monoisotopic (exact) mass is 212 g/mol. The molecule has 1 fully saturated rings. The quantitative estimate of drug-likeness (QED) is 0.805. The van der Waals surface area contributed by atoms with Crippen molar-refractivity contribution >= 4 is 0 Å². The molecular formula is C10H16N2O3. The molecule has 2 heterocycles. The van der Waals surface area contributed by atoms with Crippen LogP contribution < -0.4 is 0 Å². The third-order valence-electron chi connectivity index (χ3n) is 2.56. The van der Waals surface area contributed by atoms with Gasteiger partial charge in [-0.05, 0) is 0 Å². The lowest BCUT2D eigenvalue weighted by atomic mass is 9.99. The van der Waals surface area contributed by atoms with Crippen LogP contribution in [0.5, 0.6) is 0 Å². The van der Waals surface area contributed by atoms with E-state index in [1.54, 1.807) is 0 Å². The molecule has 15 heavy (non-hydrogen) atoms. The molecule has 5 heteroatoms. The SMILES string of the molecule is CC(C)c1noc(CC2(O)CCOC2)n1. The summed E-state index contributed by atoms with van der Waals surface area (Å²) in [5, 5.41) is 13.9. The first-order valence-corrected chi connectivity index (χ1v) is 5.22. The van der Waals surface area contributed by atoms with Crippen LogP contribution in [0.3, 0.4) is 0 Å². The Morgan fingerprint density at radius 3 is 2.87 bits per heavy atom. The minimum atomic E-state index is -0.819. The maximum atomic E-state index is 10.0. The van der Waals surface area contributed by atoms with Gasteiger partial charge >= 0.3 is 0 Å². The van der Waals surface area contributed by atoms with E-state index in [2.05, 4.69) is 10.1 Å². The van der Waals surface area contributed by atoms with Gasteiger partial charge in [-0.25, -0.2) is 0 Å². The fraction of sp³-hybridized carbons (Fsp3) is 0.800. The summed E-state index contributed by atoms with van der Waals surface area (Å²) >= 11 is 0. The Morgan fingerprint density at radius 1 is 1.53 bits per heavy atom. The smallest absolute Gasteiger partial charge is 0.229 e. The third kappa shape index (κ3) is 2.35. The highest BCUT2D eigenvalue weighted by molar-refractivity contribution is 4.97. The molecule has 5 nitrogen and oxygen atoms in total. The van der Waals surface area contributed by atoms with E-state index < -0.39 is 5.60 Å². The zero-order chi connectivity index (χ0) is 10.9. The molecule has 84 valence electrons. The van der Waals surface area contributed by atoms with Crippen LogP contribution in [0.25, 0.3) is 0 Å². The average Bonchev–Trinajstić information content (AvgIpc) is 2.75. The molecule has 0 bridgehead atoms. The number of rotatable bonds is 3. The molecule has 1 aliphatic rings. The molecule has 2 rings (SSSR count). The topological polar surface area (TPSA) is 68.4 Å². The molecule has 0 radical (unpaired) electrons. The summed E-state index contributed by atoms with van der Waals surface area (Å²) in [6.45, 7) is 4.96. The normalized spacial score (nSPS) is 26.4. The number of nitrogens with zero attached hydrogens (tertiary/aromatic N) is 2. The Balaban J connectivity index is 2.04. The lowest BCUT2D eigenvalue weighted by Crippen LogP contribution is -2.31. The van der Waals surface area contributed by atoms with E-state index in [-0.39, 0.29) is 5.92 Å². The first kappa shape index (κ1) is 10.6. The molecule has 0 spiro atoms. The molecule has 1 unspecified atom stereocenters. The van der Waals surface area contributed by atoms with Gasteiger partial charge in [0, 0.05) is 18.9 Å². The van der Waals surface area contributed by atoms with Crippen LogP contribution in [-0.4, -0.2) is 34.1 Å². The molecular weight excluding hydrogens is 196 g/mol.